The number of carbonyl (C=O) groups excluding carboxylic acids is 1. The molecule has 7 nitrogen and oxygen atoms in total. The molecule has 0 unspecified atom stereocenters. The number of Topliss-reactive ketones (excluding diaryl/α,β-unsaturated/α-hetero) is 1. The lowest BCUT2D eigenvalue weighted by Gasteiger charge is -2.13. The number of aromatic nitrogens is 3. The molecule has 0 aliphatic heterocycles. The van der Waals surface area contributed by atoms with E-state index in [4.69, 9.17) is 4.74 Å². The maximum absolute atomic E-state index is 12.8. The van der Waals surface area contributed by atoms with Gasteiger partial charge in [0.15, 0.2) is 5.78 Å². The molecule has 3 rings (SSSR count). The number of thioether (sulfide) groups is 1. The summed E-state index contributed by atoms with van der Waals surface area (Å²) in [5.74, 6) is 0.113. The summed E-state index contributed by atoms with van der Waals surface area (Å²) >= 11 is 1.26. The predicted molar refractivity (Wildman–Crippen MR) is 104 cm³/mol. The largest absolute Gasteiger partial charge is 0.380 e. The highest BCUT2D eigenvalue weighted by molar-refractivity contribution is 8.00. The van der Waals surface area contributed by atoms with Gasteiger partial charge in [-0.1, -0.05) is 30.3 Å². The Kier molecular flexibility index (Phi) is 5.57. The summed E-state index contributed by atoms with van der Waals surface area (Å²) < 4.78 is 7.59. The second-order valence-corrected chi connectivity index (χ2v) is 7.01. The minimum absolute atomic E-state index is 0.0458. The summed E-state index contributed by atoms with van der Waals surface area (Å²) in [6, 6.07) is 8.98. The highest BCUT2D eigenvalue weighted by atomic mass is 32.2. The monoisotopic (exact) mass is 385 g/mol. The first-order chi connectivity index (χ1) is 13.0. The summed E-state index contributed by atoms with van der Waals surface area (Å²) in [5, 5.41) is 0.319. The van der Waals surface area contributed by atoms with Crippen LogP contribution in [0.3, 0.4) is 0 Å². The average molecular weight is 385 g/mol. The Morgan fingerprint density at radius 3 is 2.52 bits per heavy atom. The second kappa shape index (κ2) is 7.89. The molecule has 27 heavy (non-hydrogen) atoms. The number of pyridine rings is 1. The van der Waals surface area contributed by atoms with Gasteiger partial charge in [-0.05, 0) is 0 Å². The van der Waals surface area contributed by atoms with Crippen LogP contribution in [0.5, 0.6) is 0 Å². The molecule has 0 saturated carbocycles. The van der Waals surface area contributed by atoms with E-state index >= 15 is 0 Å². The Balaban J connectivity index is 2.12. The molecule has 3 aromatic rings. The van der Waals surface area contributed by atoms with Crippen LogP contribution >= 0.6 is 11.8 Å². The fourth-order valence-electron chi connectivity index (χ4n) is 2.81. The zero-order valence-corrected chi connectivity index (χ0v) is 16.1. The number of benzene rings is 1. The summed E-state index contributed by atoms with van der Waals surface area (Å²) in [5.41, 5.74) is 0.713. The van der Waals surface area contributed by atoms with Gasteiger partial charge in [-0.3, -0.25) is 18.7 Å². The number of aryl methyl sites for hydroxylation is 1. The quantitative estimate of drug-likeness (QED) is 0.475. The summed E-state index contributed by atoms with van der Waals surface area (Å²) in [7, 11) is 4.54. The third-order valence-electron chi connectivity index (χ3n) is 4.24. The van der Waals surface area contributed by atoms with Crippen molar-refractivity contribution in [1.29, 1.82) is 0 Å². The SMILES string of the molecule is COCc1cnc2c(c1SCC(=O)c1ccccc1)c(=O)n(C)c(=O)n2C. The topological polar surface area (TPSA) is 83.2 Å². The number of rotatable bonds is 6. The van der Waals surface area contributed by atoms with E-state index in [1.165, 1.54) is 23.4 Å². The van der Waals surface area contributed by atoms with Crippen molar-refractivity contribution in [2.45, 2.75) is 11.5 Å². The van der Waals surface area contributed by atoms with E-state index in [-0.39, 0.29) is 23.8 Å². The summed E-state index contributed by atoms with van der Waals surface area (Å²) in [6.45, 7) is 0.247. The Hall–Kier alpha value is -2.71. The van der Waals surface area contributed by atoms with Crippen molar-refractivity contribution in [2.75, 3.05) is 12.9 Å². The molecule has 0 N–H and O–H groups in total. The standard InChI is InChI=1S/C19H19N3O4S/c1-21-17-15(18(24)22(2)19(21)25)16(13(9-20-17)10-26-3)27-11-14(23)12-7-5-4-6-8-12/h4-9H,10-11H2,1-3H3. The zero-order chi connectivity index (χ0) is 19.6. The number of methoxy groups -OCH3 is 1. The van der Waals surface area contributed by atoms with Crippen molar-refractivity contribution in [1.82, 2.24) is 14.1 Å². The number of ketones is 1. The van der Waals surface area contributed by atoms with Crippen LogP contribution in [0.2, 0.25) is 0 Å². The number of hydrogen-bond donors (Lipinski definition) is 0. The molecule has 0 radical (unpaired) electrons. The smallest absolute Gasteiger partial charge is 0.332 e. The van der Waals surface area contributed by atoms with Crippen LogP contribution in [0, 0.1) is 0 Å². The maximum atomic E-state index is 12.8. The normalized spacial score (nSPS) is 11.1. The molecular weight excluding hydrogens is 366 g/mol. The molecule has 0 aliphatic carbocycles. The van der Waals surface area contributed by atoms with Crippen LogP contribution in [0.1, 0.15) is 15.9 Å². The van der Waals surface area contributed by atoms with Crippen LogP contribution in [-0.4, -0.2) is 32.8 Å². The van der Waals surface area contributed by atoms with Crippen LogP contribution in [0.4, 0.5) is 0 Å². The van der Waals surface area contributed by atoms with E-state index in [9.17, 15) is 14.4 Å². The molecule has 2 aromatic heterocycles. The lowest BCUT2D eigenvalue weighted by Crippen LogP contribution is -2.37. The molecule has 0 fully saturated rings. The first kappa shape index (κ1) is 19.1. The van der Waals surface area contributed by atoms with Gasteiger partial charge in [0.05, 0.1) is 17.7 Å². The summed E-state index contributed by atoms with van der Waals surface area (Å²) in [4.78, 5) is 42.3. The van der Waals surface area contributed by atoms with E-state index in [0.717, 1.165) is 4.57 Å². The minimum atomic E-state index is -0.448. The van der Waals surface area contributed by atoms with Crippen LogP contribution in [-0.2, 0) is 25.4 Å². The number of fused-ring (bicyclic) bond motifs is 1. The lowest BCUT2D eigenvalue weighted by atomic mass is 10.2. The molecule has 0 saturated heterocycles. The number of nitrogens with zero attached hydrogens (tertiary/aromatic N) is 3. The fraction of sp³-hybridized carbons (Fsp3) is 0.263. The number of ether oxygens (including phenoxy) is 1. The van der Waals surface area contributed by atoms with E-state index < -0.39 is 11.2 Å². The first-order valence-electron chi connectivity index (χ1n) is 8.23. The Labute approximate surface area is 159 Å². The molecule has 0 atom stereocenters. The zero-order valence-electron chi connectivity index (χ0n) is 15.3. The Morgan fingerprint density at radius 1 is 1.15 bits per heavy atom. The van der Waals surface area contributed by atoms with Gasteiger partial charge in [-0.2, -0.15) is 0 Å². The molecule has 0 bridgehead atoms. The van der Waals surface area contributed by atoms with Crippen LogP contribution < -0.4 is 11.2 Å². The highest BCUT2D eigenvalue weighted by Crippen LogP contribution is 2.29. The fourth-order valence-corrected chi connectivity index (χ4v) is 3.87. The minimum Gasteiger partial charge on any atom is -0.380 e. The molecular formula is C19H19N3O4S. The first-order valence-corrected chi connectivity index (χ1v) is 9.21. The van der Waals surface area contributed by atoms with E-state index in [2.05, 4.69) is 4.98 Å². The molecule has 0 spiro atoms. The Morgan fingerprint density at radius 2 is 1.85 bits per heavy atom. The molecule has 140 valence electrons. The lowest BCUT2D eigenvalue weighted by molar-refractivity contribution is 0.102. The van der Waals surface area contributed by atoms with E-state index in [1.807, 2.05) is 18.2 Å². The Bertz CT molecular complexity index is 1120. The predicted octanol–water partition coefficient (Wildman–Crippen LogP) is 1.75. The van der Waals surface area contributed by atoms with E-state index in [1.54, 1.807) is 32.5 Å². The van der Waals surface area contributed by atoms with Crippen LogP contribution in [0.25, 0.3) is 11.0 Å². The van der Waals surface area contributed by atoms with Crippen molar-refractivity contribution >= 4 is 28.6 Å². The van der Waals surface area contributed by atoms with Gasteiger partial charge >= 0.3 is 5.69 Å². The van der Waals surface area contributed by atoms with Gasteiger partial charge in [0.25, 0.3) is 5.56 Å². The van der Waals surface area contributed by atoms with Gasteiger partial charge in [-0.25, -0.2) is 9.78 Å². The van der Waals surface area contributed by atoms with Gasteiger partial charge < -0.3 is 4.74 Å². The average Bonchev–Trinajstić information content (AvgIpc) is 2.69. The molecule has 0 aliphatic rings. The van der Waals surface area contributed by atoms with Gasteiger partial charge in [0, 0.05) is 43.4 Å². The molecule has 1 aromatic carbocycles. The van der Waals surface area contributed by atoms with Crippen LogP contribution in [0.15, 0.2) is 51.0 Å². The maximum Gasteiger partial charge on any atom is 0.332 e. The van der Waals surface area contributed by atoms with E-state index in [0.29, 0.717) is 21.4 Å². The van der Waals surface area contributed by atoms with Gasteiger partial charge in [0.1, 0.15) is 5.65 Å². The highest BCUT2D eigenvalue weighted by Gasteiger charge is 2.19. The van der Waals surface area contributed by atoms with Crippen molar-refractivity contribution in [3.63, 3.8) is 0 Å². The van der Waals surface area contributed by atoms with Crippen molar-refractivity contribution in [2.24, 2.45) is 14.1 Å². The molecule has 0 amide bonds. The number of hydrogen-bond acceptors (Lipinski definition) is 6. The van der Waals surface area contributed by atoms with Crippen molar-refractivity contribution < 1.29 is 9.53 Å². The van der Waals surface area contributed by atoms with Gasteiger partial charge in [0.2, 0.25) is 0 Å². The third kappa shape index (κ3) is 3.58. The third-order valence-corrected chi connectivity index (χ3v) is 5.40. The molecule has 2 heterocycles. The molecule has 8 heteroatoms. The summed E-state index contributed by atoms with van der Waals surface area (Å²) in [6.07, 6.45) is 1.58. The van der Waals surface area contributed by atoms with Gasteiger partial charge in [-0.15, -0.1) is 11.8 Å². The number of carbonyl (C=O) groups is 1. The van der Waals surface area contributed by atoms with Crippen molar-refractivity contribution in [3.8, 4) is 0 Å². The second-order valence-electron chi connectivity index (χ2n) is 6.03. The van der Waals surface area contributed by atoms with Crippen molar-refractivity contribution in [3.05, 3.63) is 68.5 Å².